The van der Waals surface area contributed by atoms with Crippen LogP contribution in [0.1, 0.15) is 5.56 Å². The first-order valence-electron chi connectivity index (χ1n) is 5.69. The molecule has 1 aromatic heterocycles. The van der Waals surface area contributed by atoms with Crippen molar-refractivity contribution >= 4 is 11.5 Å². The van der Waals surface area contributed by atoms with Gasteiger partial charge in [0.2, 0.25) is 5.88 Å². The molecule has 98 valence electrons. The molecule has 1 aromatic carbocycles. The lowest BCUT2D eigenvalue weighted by Crippen LogP contribution is -2.13. The Hall–Kier alpha value is -2.63. The lowest BCUT2D eigenvalue weighted by atomic mass is 10.2. The molecule has 1 heterocycles. The van der Waals surface area contributed by atoms with Gasteiger partial charge in [0.15, 0.2) is 0 Å². The molecular formula is C13H15N5O. The highest BCUT2D eigenvalue weighted by atomic mass is 16.5. The molecule has 6 heteroatoms. The minimum atomic E-state index is -0.103. The van der Waals surface area contributed by atoms with Crippen LogP contribution in [0.25, 0.3) is 0 Å². The van der Waals surface area contributed by atoms with E-state index < -0.39 is 0 Å². The second-order valence-corrected chi connectivity index (χ2v) is 4.16. The summed E-state index contributed by atoms with van der Waals surface area (Å²) >= 11 is 0. The minimum Gasteiger partial charge on any atom is -0.437 e. The summed E-state index contributed by atoms with van der Waals surface area (Å²) < 4.78 is 5.64. The van der Waals surface area contributed by atoms with Crippen molar-refractivity contribution in [1.29, 1.82) is 5.41 Å². The number of nitrogen functional groups attached to an aromatic ring is 1. The summed E-state index contributed by atoms with van der Waals surface area (Å²) in [6.45, 7) is 0. The second-order valence-electron chi connectivity index (χ2n) is 4.16. The molecule has 0 aliphatic carbocycles. The molecule has 0 fully saturated rings. The fourth-order valence-electron chi connectivity index (χ4n) is 1.54. The van der Waals surface area contributed by atoms with E-state index in [0.29, 0.717) is 11.3 Å². The number of benzene rings is 1. The lowest BCUT2D eigenvalue weighted by Gasteiger charge is -2.14. The monoisotopic (exact) mass is 257 g/mol. The van der Waals surface area contributed by atoms with E-state index in [-0.39, 0.29) is 11.7 Å². The quantitative estimate of drug-likeness (QED) is 0.642. The van der Waals surface area contributed by atoms with Crippen molar-refractivity contribution in [3.63, 3.8) is 0 Å². The summed E-state index contributed by atoms with van der Waals surface area (Å²) in [6, 6.07) is 9.13. The van der Waals surface area contributed by atoms with Crippen molar-refractivity contribution in [3.05, 3.63) is 42.1 Å². The van der Waals surface area contributed by atoms with E-state index in [9.17, 15) is 0 Å². The molecule has 0 amide bonds. The van der Waals surface area contributed by atoms with Crippen molar-refractivity contribution in [2.24, 2.45) is 5.73 Å². The van der Waals surface area contributed by atoms with Gasteiger partial charge in [-0.15, -0.1) is 5.10 Å². The number of hydrogen-bond acceptors (Lipinski definition) is 5. The molecular weight excluding hydrogens is 242 g/mol. The smallest absolute Gasteiger partial charge is 0.249 e. The predicted octanol–water partition coefficient (Wildman–Crippen LogP) is 1.62. The van der Waals surface area contributed by atoms with Gasteiger partial charge in [-0.25, -0.2) is 0 Å². The largest absolute Gasteiger partial charge is 0.437 e. The van der Waals surface area contributed by atoms with Gasteiger partial charge in [0.1, 0.15) is 11.6 Å². The Bertz CT molecular complexity index is 597. The van der Waals surface area contributed by atoms with E-state index in [2.05, 4.69) is 10.2 Å². The number of anilines is 1. The molecule has 0 atom stereocenters. The molecule has 0 radical (unpaired) electrons. The summed E-state index contributed by atoms with van der Waals surface area (Å²) in [4.78, 5) is 1.97. The van der Waals surface area contributed by atoms with Crippen LogP contribution in [0.2, 0.25) is 0 Å². The third-order valence-corrected chi connectivity index (χ3v) is 2.53. The van der Waals surface area contributed by atoms with Crippen LogP contribution in [-0.2, 0) is 0 Å². The molecule has 0 unspecified atom stereocenters. The van der Waals surface area contributed by atoms with Crippen LogP contribution < -0.4 is 15.4 Å². The number of nitrogens with one attached hydrogen (secondary N) is 1. The van der Waals surface area contributed by atoms with Gasteiger partial charge >= 0.3 is 0 Å². The molecule has 3 N–H and O–H groups in total. The van der Waals surface area contributed by atoms with E-state index in [4.69, 9.17) is 15.9 Å². The zero-order chi connectivity index (χ0) is 13.8. The molecule has 0 aliphatic rings. The third kappa shape index (κ3) is 2.98. The van der Waals surface area contributed by atoms with Crippen molar-refractivity contribution in [2.75, 3.05) is 19.0 Å². The Kier molecular flexibility index (Phi) is 3.61. The summed E-state index contributed by atoms with van der Waals surface area (Å²) in [6.07, 6.45) is 1.47. The molecule has 0 saturated carbocycles. The Morgan fingerprint density at radius 1 is 1.32 bits per heavy atom. The molecule has 19 heavy (non-hydrogen) atoms. The summed E-state index contributed by atoms with van der Waals surface area (Å²) in [5.74, 6) is 0.744. The minimum absolute atomic E-state index is 0.103. The molecule has 0 saturated heterocycles. The van der Waals surface area contributed by atoms with Crippen LogP contribution >= 0.6 is 0 Å². The van der Waals surface area contributed by atoms with Gasteiger partial charge in [-0.1, -0.05) is 6.07 Å². The number of nitrogens with two attached hydrogens (primary N) is 1. The van der Waals surface area contributed by atoms with Crippen LogP contribution in [0.3, 0.4) is 0 Å². The number of nitrogens with zero attached hydrogens (tertiary/aromatic N) is 3. The average molecular weight is 257 g/mol. The maximum atomic E-state index is 7.47. The van der Waals surface area contributed by atoms with E-state index >= 15 is 0 Å². The molecule has 2 rings (SSSR count). The third-order valence-electron chi connectivity index (χ3n) is 2.53. The maximum absolute atomic E-state index is 7.47. The topological polar surface area (TPSA) is 88.1 Å². The number of amidine groups is 1. The van der Waals surface area contributed by atoms with E-state index in [1.54, 1.807) is 6.07 Å². The fourth-order valence-corrected chi connectivity index (χ4v) is 1.54. The molecule has 0 aliphatic heterocycles. The first-order valence-corrected chi connectivity index (χ1v) is 5.69. The summed E-state index contributed by atoms with van der Waals surface area (Å²) in [5, 5.41) is 15.1. The van der Waals surface area contributed by atoms with Crippen LogP contribution in [0.15, 0.2) is 36.5 Å². The highest BCUT2D eigenvalue weighted by Crippen LogP contribution is 2.25. The standard InChI is InChI=1S/C13H15N5O/c1-18(2)9-4-3-5-10(8-9)19-13-11(12(14)15)6-7-16-17-13/h3-8H,1-2H3,(H3,14,15). The number of rotatable bonds is 4. The lowest BCUT2D eigenvalue weighted by molar-refractivity contribution is 0.454. The van der Waals surface area contributed by atoms with Crippen LogP contribution in [0, 0.1) is 5.41 Å². The van der Waals surface area contributed by atoms with Crippen LogP contribution in [0.5, 0.6) is 11.6 Å². The van der Waals surface area contributed by atoms with E-state index in [0.717, 1.165) is 5.69 Å². The number of aromatic nitrogens is 2. The highest BCUT2D eigenvalue weighted by molar-refractivity contribution is 5.96. The van der Waals surface area contributed by atoms with Crippen LogP contribution in [0.4, 0.5) is 5.69 Å². The van der Waals surface area contributed by atoms with E-state index in [1.807, 2.05) is 43.3 Å². The molecule has 6 nitrogen and oxygen atoms in total. The van der Waals surface area contributed by atoms with Crippen LogP contribution in [-0.4, -0.2) is 30.1 Å². The summed E-state index contributed by atoms with van der Waals surface area (Å²) in [7, 11) is 3.89. The molecule has 2 aromatic rings. The average Bonchev–Trinajstić information content (AvgIpc) is 2.39. The summed E-state index contributed by atoms with van der Waals surface area (Å²) in [5.41, 5.74) is 6.90. The van der Waals surface area contributed by atoms with Crippen molar-refractivity contribution in [1.82, 2.24) is 10.2 Å². The Labute approximate surface area is 111 Å². The van der Waals surface area contributed by atoms with Gasteiger partial charge < -0.3 is 15.4 Å². The molecule has 0 bridgehead atoms. The van der Waals surface area contributed by atoms with Gasteiger partial charge in [0, 0.05) is 25.8 Å². The Morgan fingerprint density at radius 2 is 2.11 bits per heavy atom. The van der Waals surface area contributed by atoms with Crippen molar-refractivity contribution in [2.45, 2.75) is 0 Å². The maximum Gasteiger partial charge on any atom is 0.249 e. The number of hydrogen-bond donors (Lipinski definition) is 2. The normalized spacial score (nSPS) is 10.0. The van der Waals surface area contributed by atoms with Gasteiger partial charge in [-0.3, -0.25) is 5.41 Å². The zero-order valence-corrected chi connectivity index (χ0v) is 10.8. The van der Waals surface area contributed by atoms with Crippen molar-refractivity contribution in [3.8, 4) is 11.6 Å². The predicted molar refractivity (Wildman–Crippen MR) is 73.9 cm³/mol. The SMILES string of the molecule is CN(C)c1cccc(Oc2nnccc2C(=N)N)c1. The zero-order valence-electron chi connectivity index (χ0n) is 10.8. The molecule has 0 spiro atoms. The van der Waals surface area contributed by atoms with E-state index in [1.165, 1.54) is 6.20 Å². The first-order chi connectivity index (χ1) is 9.08. The first kappa shape index (κ1) is 12.8. The Morgan fingerprint density at radius 3 is 2.79 bits per heavy atom. The number of ether oxygens (including phenoxy) is 1. The van der Waals surface area contributed by atoms with Gasteiger partial charge in [0.05, 0.1) is 11.8 Å². The van der Waals surface area contributed by atoms with Gasteiger partial charge in [0.25, 0.3) is 0 Å². The van der Waals surface area contributed by atoms with Crippen molar-refractivity contribution < 1.29 is 4.74 Å². The fraction of sp³-hybridized carbons (Fsp3) is 0.154. The highest BCUT2D eigenvalue weighted by Gasteiger charge is 2.09. The van der Waals surface area contributed by atoms with Gasteiger partial charge in [-0.05, 0) is 18.2 Å². The Balaban J connectivity index is 2.31. The second kappa shape index (κ2) is 5.34. The van der Waals surface area contributed by atoms with Gasteiger partial charge in [-0.2, -0.15) is 5.10 Å².